The summed E-state index contributed by atoms with van der Waals surface area (Å²) < 4.78 is 32.7. The molecule has 0 aliphatic heterocycles. The van der Waals surface area contributed by atoms with Crippen LogP contribution in [0.2, 0.25) is 0 Å². The lowest BCUT2D eigenvalue weighted by Gasteiger charge is -2.22. The van der Waals surface area contributed by atoms with E-state index < -0.39 is 33.7 Å². The van der Waals surface area contributed by atoms with E-state index >= 15 is 0 Å². The van der Waals surface area contributed by atoms with E-state index in [0.29, 0.717) is 6.07 Å². The first-order chi connectivity index (χ1) is 9.97. The second kappa shape index (κ2) is 6.13. The molecule has 1 fully saturated rings. The number of methoxy groups -OCH3 is 1. The van der Waals surface area contributed by atoms with Gasteiger partial charge < -0.3 is 9.64 Å². The summed E-state index contributed by atoms with van der Waals surface area (Å²) >= 11 is 0. The fourth-order valence-corrected chi connectivity index (χ4v) is 2.05. The van der Waals surface area contributed by atoms with E-state index in [1.54, 1.807) is 0 Å². The Hall–Kier alpha value is -2.09. The van der Waals surface area contributed by atoms with Crippen LogP contribution in [0.15, 0.2) is 12.1 Å². The van der Waals surface area contributed by atoms with Gasteiger partial charge in [-0.3, -0.25) is 14.9 Å². The predicted octanol–water partition coefficient (Wildman–Crippen LogP) is 2.12. The molecule has 0 aromatic heterocycles. The van der Waals surface area contributed by atoms with Crippen LogP contribution < -0.4 is 0 Å². The Kier molecular flexibility index (Phi) is 4.46. The van der Waals surface area contributed by atoms with Gasteiger partial charge in [-0.05, 0) is 18.9 Å². The number of nitrogens with zero attached hydrogens (tertiary/aromatic N) is 2. The van der Waals surface area contributed by atoms with Crippen molar-refractivity contribution in [1.82, 2.24) is 4.90 Å². The van der Waals surface area contributed by atoms with Crippen molar-refractivity contribution in [1.29, 1.82) is 0 Å². The molecule has 1 aliphatic carbocycles. The molecule has 1 saturated carbocycles. The van der Waals surface area contributed by atoms with Gasteiger partial charge in [0.05, 0.1) is 11.5 Å². The number of ether oxygens (including phenoxy) is 1. The second-order valence-corrected chi connectivity index (χ2v) is 4.74. The highest BCUT2D eigenvalue weighted by molar-refractivity contribution is 5.96. The molecule has 1 aliphatic rings. The molecule has 2 rings (SSSR count). The molecule has 21 heavy (non-hydrogen) atoms. The molecule has 0 N–H and O–H groups in total. The molecule has 0 saturated heterocycles. The number of halogens is 2. The summed E-state index contributed by atoms with van der Waals surface area (Å²) in [5, 5.41) is 10.7. The summed E-state index contributed by atoms with van der Waals surface area (Å²) in [6, 6.07) is 1.35. The van der Waals surface area contributed by atoms with Gasteiger partial charge in [-0.1, -0.05) is 0 Å². The summed E-state index contributed by atoms with van der Waals surface area (Å²) in [6.07, 6.45) is 1.49. The van der Waals surface area contributed by atoms with Crippen molar-refractivity contribution in [2.75, 3.05) is 20.3 Å². The monoisotopic (exact) mass is 300 g/mol. The van der Waals surface area contributed by atoms with Gasteiger partial charge in [0, 0.05) is 25.8 Å². The van der Waals surface area contributed by atoms with Crippen LogP contribution in [0.25, 0.3) is 0 Å². The van der Waals surface area contributed by atoms with E-state index in [1.165, 1.54) is 12.0 Å². The number of hydrogen-bond acceptors (Lipinski definition) is 4. The lowest BCUT2D eigenvalue weighted by atomic mass is 10.1. The average Bonchev–Trinajstić information content (AvgIpc) is 3.23. The van der Waals surface area contributed by atoms with E-state index in [9.17, 15) is 23.7 Å². The van der Waals surface area contributed by atoms with Crippen LogP contribution in [-0.2, 0) is 4.74 Å². The van der Waals surface area contributed by atoms with Gasteiger partial charge in [-0.15, -0.1) is 0 Å². The van der Waals surface area contributed by atoms with Crippen LogP contribution in [0.5, 0.6) is 0 Å². The maximum atomic E-state index is 14.0. The van der Waals surface area contributed by atoms with Crippen molar-refractivity contribution in [3.05, 3.63) is 39.4 Å². The first-order valence-electron chi connectivity index (χ1n) is 6.39. The van der Waals surface area contributed by atoms with Crippen LogP contribution >= 0.6 is 0 Å². The molecule has 0 bridgehead atoms. The van der Waals surface area contributed by atoms with Gasteiger partial charge in [-0.2, -0.15) is 4.39 Å². The molecule has 114 valence electrons. The number of carbonyl (C=O) groups excluding carboxylic acids is 1. The Morgan fingerprint density at radius 1 is 1.48 bits per heavy atom. The van der Waals surface area contributed by atoms with Gasteiger partial charge in [0.25, 0.3) is 5.91 Å². The van der Waals surface area contributed by atoms with Gasteiger partial charge >= 0.3 is 5.69 Å². The molecule has 8 heteroatoms. The van der Waals surface area contributed by atoms with Crippen molar-refractivity contribution in [2.24, 2.45) is 0 Å². The topological polar surface area (TPSA) is 72.7 Å². The third-order valence-corrected chi connectivity index (χ3v) is 3.27. The summed E-state index contributed by atoms with van der Waals surface area (Å²) in [7, 11) is 1.45. The van der Waals surface area contributed by atoms with Crippen molar-refractivity contribution >= 4 is 11.6 Å². The van der Waals surface area contributed by atoms with Gasteiger partial charge in [0.1, 0.15) is 11.4 Å². The zero-order valence-electron chi connectivity index (χ0n) is 11.3. The van der Waals surface area contributed by atoms with Crippen molar-refractivity contribution in [3.8, 4) is 0 Å². The molecule has 0 unspecified atom stereocenters. The smallest absolute Gasteiger partial charge is 0.305 e. The molecule has 1 amide bonds. The fraction of sp³-hybridized carbons (Fsp3) is 0.462. The first-order valence-corrected chi connectivity index (χ1v) is 6.39. The minimum atomic E-state index is -1.44. The zero-order valence-corrected chi connectivity index (χ0v) is 11.3. The first kappa shape index (κ1) is 15.3. The average molecular weight is 300 g/mol. The number of nitro groups is 1. The molecule has 6 nitrogen and oxygen atoms in total. The van der Waals surface area contributed by atoms with E-state index in [0.717, 1.165) is 18.9 Å². The largest absolute Gasteiger partial charge is 0.383 e. The molecule has 1 aromatic rings. The standard InChI is InChI=1S/C13H14F2N2O4/c1-21-7-6-16(8-2-3-8)13(18)11-9(14)4-5-10(12(11)15)17(19)20/h4-5,8H,2-3,6-7H2,1H3. The van der Waals surface area contributed by atoms with Gasteiger partial charge in [0.15, 0.2) is 0 Å². The number of benzene rings is 1. The summed E-state index contributed by atoms with van der Waals surface area (Å²) in [5.41, 5.74) is -1.80. The minimum absolute atomic E-state index is 0.0919. The predicted molar refractivity (Wildman–Crippen MR) is 68.9 cm³/mol. The number of carbonyl (C=O) groups is 1. The van der Waals surface area contributed by atoms with E-state index in [4.69, 9.17) is 4.74 Å². The van der Waals surface area contributed by atoms with E-state index in [-0.39, 0.29) is 19.2 Å². The van der Waals surface area contributed by atoms with Crippen LogP contribution in [0, 0.1) is 21.7 Å². The van der Waals surface area contributed by atoms with E-state index in [2.05, 4.69) is 0 Å². The van der Waals surface area contributed by atoms with Crippen LogP contribution in [0.1, 0.15) is 23.2 Å². The quantitative estimate of drug-likeness (QED) is 0.596. The molecule has 0 radical (unpaired) electrons. The Balaban J connectivity index is 2.36. The van der Waals surface area contributed by atoms with Crippen LogP contribution in [-0.4, -0.2) is 42.0 Å². The fourth-order valence-electron chi connectivity index (χ4n) is 2.05. The second-order valence-electron chi connectivity index (χ2n) is 4.74. The minimum Gasteiger partial charge on any atom is -0.383 e. The molecular formula is C13H14F2N2O4. The summed E-state index contributed by atoms with van der Waals surface area (Å²) in [4.78, 5) is 23.3. The third kappa shape index (κ3) is 3.15. The Morgan fingerprint density at radius 2 is 2.14 bits per heavy atom. The maximum Gasteiger partial charge on any atom is 0.305 e. The lowest BCUT2D eigenvalue weighted by Crippen LogP contribution is -2.37. The highest BCUT2D eigenvalue weighted by Gasteiger charge is 2.36. The number of hydrogen-bond donors (Lipinski definition) is 0. The maximum absolute atomic E-state index is 14.0. The normalized spacial score (nSPS) is 14.0. The number of nitro benzene ring substituents is 1. The molecule has 0 heterocycles. The molecule has 0 atom stereocenters. The molecule has 0 spiro atoms. The lowest BCUT2D eigenvalue weighted by molar-refractivity contribution is -0.387. The van der Waals surface area contributed by atoms with Gasteiger partial charge in [0.2, 0.25) is 5.82 Å². The van der Waals surface area contributed by atoms with E-state index in [1.807, 2.05) is 0 Å². The molecular weight excluding hydrogens is 286 g/mol. The van der Waals surface area contributed by atoms with Gasteiger partial charge in [-0.25, -0.2) is 4.39 Å². The highest BCUT2D eigenvalue weighted by atomic mass is 19.1. The zero-order chi connectivity index (χ0) is 15.6. The summed E-state index contributed by atoms with van der Waals surface area (Å²) in [5.74, 6) is -3.42. The summed E-state index contributed by atoms with van der Waals surface area (Å²) in [6.45, 7) is 0.405. The molecule has 1 aromatic carbocycles. The Morgan fingerprint density at radius 3 is 2.67 bits per heavy atom. The van der Waals surface area contributed by atoms with Crippen LogP contribution in [0.3, 0.4) is 0 Å². The Labute approximate surface area is 119 Å². The highest BCUT2D eigenvalue weighted by Crippen LogP contribution is 2.30. The Bertz CT molecular complexity index is 576. The van der Waals surface area contributed by atoms with Crippen molar-refractivity contribution in [2.45, 2.75) is 18.9 Å². The SMILES string of the molecule is COCCN(C(=O)c1c(F)ccc([N+](=O)[O-])c1F)C1CC1. The third-order valence-electron chi connectivity index (χ3n) is 3.27. The number of amides is 1. The van der Waals surface area contributed by atoms with Crippen molar-refractivity contribution < 1.29 is 23.2 Å². The number of rotatable bonds is 6. The van der Waals surface area contributed by atoms with Crippen LogP contribution in [0.4, 0.5) is 14.5 Å². The van der Waals surface area contributed by atoms with Crippen molar-refractivity contribution in [3.63, 3.8) is 0 Å².